The summed E-state index contributed by atoms with van der Waals surface area (Å²) >= 11 is 0. The number of rotatable bonds is 2. The molecule has 0 atom stereocenters. The molecule has 3 nitrogen and oxygen atoms in total. The number of hydrogen-bond acceptors (Lipinski definition) is 2. The Morgan fingerprint density at radius 1 is 1.47 bits per heavy atom. The van der Waals surface area contributed by atoms with Crippen molar-refractivity contribution >= 4 is 19.2 Å². The Labute approximate surface area is 90.9 Å². The fourth-order valence-electron chi connectivity index (χ4n) is 1.41. The summed E-state index contributed by atoms with van der Waals surface area (Å²) in [6.07, 6.45) is 0. The third kappa shape index (κ3) is 3.40. The van der Waals surface area contributed by atoms with Crippen LogP contribution in [0.15, 0.2) is 18.2 Å². The van der Waals surface area contributed by atoms with E-state index in [1.165, 1.54) is 13.8 Å². The van der Waals surface area contributed by atoms with Crippen molar-refractivity contribution in [2.45, 2.75) is 26.5 Å². The Morgan fingerprint density at radius 3 is 2.53 bits per heavy atom. The molecule has 0 aliphatic rings. The van der Waals surface area contributed by atoms with E-state index in [0.29, 0.717) is 5.56 Å². The number of benzene rings is 1. The summed E-state index contributed by atoms with van der Waals surface area (Å²) in [6, 6.07) is 5.59. The van der Waals surface area contributed by atoms with Gasteiger partial charge < -0.3 is 10.4 Å². The van der Waals surface area contributed by atoms with Crippen LogP contribution < -0.4 is 10.8 Å². The minimum Gasteiger partial charge on any atom is -0.372 e. The van der Waals surface area contributed by atoms with Crippen LogP contribution in [0.5, 0.6) is 0 Å². The maximum Gasteiger partial charge on any atom is 0.253 e. The second kappa shape index (κ2) is 4.07. The first-order valence-corrected chi connectivity index (χ1v) is 4.92. The summed E-state index contributed by atoms with van der Waals surface area (Å²) in [5, 5.41) is 12.0. The van der Waals surface area contributed by atoms with Crippen molar-refractivity contribution in [2.75, 3.05) is 0 Å². The van der Waals surface area contributed by atoms with Crippen LogP contribution >= 0.6 is 0 Å². The summed E-state index contributed by atoms with van der Waals surface area (Å²) in [6.45, 7) is 4.95. The molecule has 0 fully saturated rings. The average Bonchev–Trinajstić information content (AvgIpc) is 1.99. The second-order valence-electron chi connectivity index (χ2n) is 4.33. The Bertz CT molecular complexity index is 383. The van der Waals surface area contributed by atoms with Crippen LogP contribution in [0, 0.1) is 6.92 Å². The fraction of sp³-hybridized carbons (Fsp3) is 0.364. The van der Waals surface area contributed by atoms with Gasteiger partial charge in [-0.1, -0.05) is 17.6 Å². The van der Waals surface area contributed by atoms with E-state index in [4.69, 9.17) is 0 Å². The summed E-state index contributed by atoms with van der Waals surface area (Å²) in [5.74, 6) is -0.250. The van der Waals surface area contributed by atoms with E-state index < -0.39 is 5.72 Å². The number of carbonyl (C=O) groups excluding carboxylic acids is 1. The van der Waals surface area contributed by atoms with Crippen molar-refractivity contribution in [2.24, 2.45) is 0 Å². The molecule has 4 heteroatoms. The third-order valence-electron chi connectivity index (χ3n) is 2.05. The number of nitrogens with one attached hydrogen (secondary N) is 1. The third-order valence-corrected chi connectivity index (χ3v) is 2.05. The molecule has 0 unspecified atom stereocenters. The van der Waals surface area contributed by atoms with Crippen LogP contribution in [0.25, 0.3) is 0 Å². The monoisotopic (exact) mass is 205 g/mol. The van der Waals surface area contributed by atoms with E-state index in [9.17, 15) is 9.90 Å². The quantitative estimate of drug-likeness (QED) is 0.515. The summed E-state index contributed by atoms with van der Waals surface area (Å²) in [7, 11) is 1.98. The van der Waals surface area contributed by atoms with Crippen molar-refractivity contribution in [3.63, 3.8) is 0 Å². The molecule has 0 saturated heterocycles. The predicted molar refractivity (Wildman–Crippen MR) is 63.1 cm³/mol. The van der Waals surface area contributed by atoms with Crippen LogP contribution in [-0.4, -0.2) is 24.6 Å². The number of carbonyl (C=O) groups is 1. The molecule has 2 N–H and O–H groups in total. The van der Waals surface area contributed by atoms with Gasteiger partial charge in [-0.3, -0.25) is 4.79 Å². The lowest BCUT2D eigenvalue weighted by atomic mass is 9.92. The van der Waals surface area contributed by atoms with Gasteiger partial charge in [0.25, 0.3) is 5.91 Å². The van der Waals surface area contributed by atoms with Crippen LogP contribution in [0.3, 0.4) is 0 Å². The second-order valence-corrected chi connectivity index (χ2v) is 4.33. The SMILES string of the molecule is Bc1ccc(C(=O)NC(C)(C)O)c(C)c1. The van der Waals surface area contributed by atoms with Gasteiger partial charge in [0.05, 0.1) is 0 Å². The predicted octanol–water partition coefficient (Wildman–Crippen LogP) is -0.288. The molecule has 0 spiro atoms. The van der Waals surface area contributed by atoms with Crippen molar-refractivity contribution in [3.05, 3.63) is 29.3 Å². The van der Waals surface area contributed by atoms with Gasteiger partial charge in [-0.15, -0.1) is 0 Å². The van der Waals surface area contributed by atoms with Gasteiger partial charge in [-0.25, -0.2) is 0 Å². The number of amides is 1. The minimum atomic E-state index is -1.19. The van der Waals surface area contributed by atoms with Gasteiger partial charge in [0, 0.05) is 5.56 Å². The van der Waals surface area contributed by atoms with Crippen molar-refractivity contribution in [1.82, 2.24) is 5.32 Å². The Kier molecular flexibility index (Phi) is 3.20. The highest BCUT2D eigenvalue weighted by Gasteiger charge is 2.17. The Hall–Kier alpha value is -1.29. The molecule has 0 radical (unpaired) electrons. The molecule has 0 aliphatic heterocycles. The zero-order chi connectivity index (χ0) is 11.6. The number of aliphatic hydroxyl groups is 1. The Morgan fingerprint density at radius 2 is 2.07 bits per heavy atom. The molecule has 1 rings (SSSR count). The van der Waals surface area contributed by atoms with Gasteiger partial charge in [-0.2, -0.15) is 0 Å². The van der Waals surface area contributed by atoms with E-state index in [2.05, 4.69) is 5.32 Å². The highest BCUT2D eigenvalue weighted by molar-refractivity contribution is 6.32. The lowest BCUT2D eigenvalue weighted by Gasteiger charge is -2.19. The van der Waals surface area contributed by atoms with Gasteiger partial charge in [0.15, 0.2) is 0 Å². The maximum absolute atomic E-state index is 11.7. The molecule has 0 aliphatic carbocycles. The zero-order valence-corrected chi connectivity index (χ0v) is 9.59. The lowest BCUT2D eigenvalue weighted by Crippen LogP contribution is -2.43. The van der Waals surface area contributed by atoms with E-state index >= 15 is 0 Å². The van der Waals surface area contributed by atoms with Gasteiger partial charge in [0.1, 0.15) is 13.6 Å². The standard InChI is InChI=1S/C11H16BNO2/c1-7-6-8(12)4-5-9(7)10(14)13-11(2,3)15/h4-6,15H,12H2,1-3H3,(H,13,14). The molecule has 1 aromatic carbocycles. The lowest BCUT2D eigenvalue weighted by molar-refractivity contribution is 0.0375. The molecule has 15 heavy (non-hydrogen) atoms. The molecular weight excluding hydrogens is 189 g/mol. The largest absolute Gasteiger partial charge is 0.372 e. The smallest absolute Gasteiger partial charge is 0.253 e. The molecule has 0 aromatic heterocycles. The first-order valence-electron chi connectivity index (χ1n) is 4.92. The molecule has 0 heterocycles. The molecular formula is C11H16BNO2. The molecule has 0 bridgehead atoms. The highest BCUT2D eigenvalue weighted by atomic mass is 16.3. The Balaban J connectivity index is 2.92. The average molecular weight is 205 g/mol. The molecule has 1 aromatic rings. The topological polar surface area (TPSA) is 49.3 Å². The molecule has 1 amide bonds. The van der Waals surface area contributed by atoms with Crippen LogP contribution in [-0.2, 0) is 0 Å². The van der Waals surface area contributed by atoms with Crippen LogP contribution in [0.2, 0.25) is 0 Å². The van der Waals surface area contributed by atoms with E-state index in [1.807, 2.05) is 26.9 Å². The first kappa shape index (κ1) is 11.8. The van der Waals surface area contributed by atoms with E-state index in [1.54, 1.807) is 6.07 Å². The zero-order valence-electron chi connectivity index (χ0n) is 9.59. The maximum atomic E-state index is 11.7. The minimum absolute atomic E-state index is 0.250. The van der Waals surface area contributed by atoms with Crippen molar-refractivity contribution in [3.8, 4) is 0 Å². The van der Waals surface area contributed by atoms with E-state index in [-0.39, 0.29) is 5.91 Å². The van der Waals surface area contributed by atoms with Gasteiger partial charge in [-0.05, 0) is 32.4 Å². The molecule has 80 valence electrons. The summed E-state index contributed by atoms with van der Waals surface area (Å²) in [5.41, 5.74) is 1.45. The van der Waals surface area contributed by atoms with E-state index in [0.717, 1.165) is 11.0 Å². The summed E-state index contributed by atoms with van der Waals surface area (Å²) in [4.78, 5) is 11.7. The highest BCUT2D eigenvalue weighted by Crippen LogP contribution is 2.07. The van der Waals surface area contributed by atoms with Gasteiger partial charge in [0.2, 0.25) is 0 Å². The number of aryl methyl sites for hydroxylation is 1. The van der Waals surface area contributed by atoms with Gasteiger partial charge >= 0.3 is 0 Å². The van der Waals surface area contributed by atoms with Crippen LogP contribution in [0.4, 0.5) is 0 Å². The number of hydrogen-bond donors (Lipinski definition) is 2. The normalized spacial score (nSPS) is 11.2. The molecule has 0 saturated carbocycles. The first-order chi connectivity index (χ1) is 6.79. The van der Waals surface area contributed by atoms with Crippen molar-refractivity contribution < 1.29 is 9.90 Å². The van der Waals surface area contributed by atoms with Crippen molar-refractivity contribution in [1.29, 1.82) is 0 Å². The fourth-order valence-corrected chi connectivity index (χ4v) is 1.41. The van der Waals surface area contributed by atoms with Crippen LogP contribution in [0.1, 0.15) is 29.8 Å². The summed E-state index contributed by atoms with van der Waals surface area (Å²) < 4.78 is 0.